The fourth-order valence-corrected chi connectivity index (χ4v) is 4.57. The topological polar surface area (TPSA) is 113 Å². The van der Waals surface area contributed by atoms with Crippen molar-refractivity contribution < 1.29 is 21.6 Å². The van der Waals surface area contributed by atoms with Crippen molar-refractivity contribution >= 4 is 31.6 Å². The molecule has 1 fully saturated rings. The van der Waals surface area contributed by atoms with Crippen molar-refractivity contribution in [2.75, 3.05) is 36.4 Å². The molecular weight excluding hydrogens is 354 g/mol. The van der Waals surface area contributed by atoms with Crippen molar-refractivity contribution in [2.24, 2.45) is 0 Å². The van der Waals surface area contributed by atoms with Gasteiger partial charge in [-0.15, -0.1) is 0 Å². The molecule has 0 saturated carbocycles. The third-order valence-electron chi connectivity index (χ3n) is 3.57. The van der Waals surface area contributed by atoms with Crippen LogP contribution < -0.4 is 10.0 Å². The molecule has 134 valence electrons. The molecule has 1 saturated heterocycles. The van der Waals surface area contributed by atoms with Gasteiger partial charge in [0, 0.05) is 19.6 Å². The number of hydrogen-bond donors (Lipinski definition) is 2. The summed E-state index contributed by atoms with van der Waals surface area (Å²) in [5, 5.41) is 2.64. The lowest BCUT2D eigenvalue weighted by Gasteiger charge is -2.15. The van der Waals surface area contributed by atoms with Crippen LogP contribution in [0.25, 0.3) is 0 Å². The second-order valence-electron chi connectivity index (χ2n) is 5.75. The first-order valence-corrected chi connectivity index (χ1v) is 10.9. The third-order valence-corrected chi connectivity index (χ3v) is 6.11. The number of anilines is 1. The van der Waals surface area contributed by atoms with Crippen molar-refractivity contribution in [1.29, 1.82) is 0 Å². The molecule has 24 heavy (non-hydrogen) atoms. The van der Waals surface area contributed by atoms with Crippen LogP contribution >= 0.6 is 0 Å². The van der Waals surface area contributed by atoms with E-state index in [4.69, 9.17) is 0 Å². The Labute approximate surface area is 142 Å². The first-order valence-electron chi connectivity index (χ1n) is 7.43. The van der Waals surface area contributed by atoms with E-state index >= 15 is 0 Å². The maximum Gasteiger partial charge on any atom is 0.253 e. The largest absolute Gasteiger partial charge is 0.351 e. The molecule has 2 rings (SSSR count). The van der Waals surface area contributed by atoms with Crippen LogP contribution in [0, 0.1) is 6.92 Å². The van der Waals surface area contributed by atoms with Gasteiger partial charge >= 0.3 is 0 Å². The van der Waals surface area contributed by atoms with Gasteiger partial charge < -0.3 is 5.32 Å². The van der Waals surface area contributed by atoms with Gasteiger partial charge in [-0.25, -0.2) is 21.1 Å². The average Bonchev–Trinajstić information content (AvgIpc) is 2.78. The minimum absolute atomic E-state index is 0.140. The number of carbonyl (C=O) groups is 1. The summed E-state index contributed by atoms with van der Waals surface area (Å²) >= 11 is 0. The molecule has 1 aromatic rings. The average molecular weight is 375 g/mol. The van der Waals surface area contributed by atoms with Gasteiger partial charge in [0.25, 0.3) is 5.91 Å². The molecule has 1 heterocycles. The minimum atomic E-state index is -3.51. The lowest BCUT2D eigenvalue weighted by atomic mass is 10.1. The van der Waals surface area contributed by atoms with Crippen LogP contribution in [0.3, 0.4) is 0 Å². The molecule has 0 radical (unpaired) electrons. The summed E-state index contributed by atoms with van der Waals surface area (Å²) in [5.74, 6) is -0.317. The summed E-state index contributed by atoms with van der Waals surface area (Å²) in [6.45, 7) is 2.61. The van der Waals surface area contributed by atoms with Crippen molar-refractivity contribution in [2.45, 2.75) is 13.3 Å². The quantitative estimate of drug-likeness (QED) is 0.734. The number of aryl methyl sites for hydroxylation is 1. The first-order chi connectivity index (χ1) is 11.1. The number of hydrogen-bond acceptors (Lipinski definition) is 5. The van der Waals surface area contributed by atoms with E-state index in [2.05, 4.69) is 10.0 Å². The fraction of sp³-hybridized carbons (Fsp3) is 0.500. The van der Waals surface area contributed by atoms with E-state index in [0.717, 1.165) is 11.8 Å². The lowest BCUT2D eigenvalue weighted by Crippen LogP contribution is -2.36. The number of nitrogens with one attached hydrogen (secondary N) is 2. The van der Waals surface area contributed by atoms with Gasteiger partial charge in [0.1, 0.15) is 0 Å². The predicted octanol–water partition coefficient (Wildman–Crippen LogP) is 0.132. The Bertz CT molecular complexity index is 834. The first kappa shape index (κ1) is 18.7. The van der Waals surface area contributed by atoms with Crippen LogP contribution in [0.4, 0.5) is 5.69 Å². The highest BCUT2D eigenvalue weighted by molar-refractivity contribution is 7.92. The van der Waals surface area contributed by atoms with Crippen LogP contribution in [-0.2, 0) is 20.0 Å². The Morgan fingerprint density at radius 2 is 2.04 bits per heavy atom. The minimum Gasteiger partial charge on any atom is -0.351 e. The highest BCUT2D eigenvalue weighted by atomic mass is 32.2. The molecule has 0 unspecified atom stereocenters. The molecule has 2 N–H and O–H groups in total. The molecule has 0 bridgehead atoms. The van der Waals surface area contributed by atoms with Gasteiger partial charge in [-0.05, 0) is 25.5 Å². The van der Waals surface area contributed by atoms with Crippen LogP contribution in [0.2, 0.25) is 0 Å². The SMILES string of the molecule is Cc1ccc(NS(C)(=O)=O)c(C(=O)NCCN2CCCS2(=O)=O)c1. The maximum atomic E-state index is 12.3. The van der Waals surface area contributed by atoms with Crippen LogP contribution in [0.1, 0.15) is 22.3 Å². The van der Waals surface area contributed by atoms with E-state index < -0.39 is 26.0 Å². The summed E-state index contributed by atoms with van der Waals surface area (Å²) in [6, 6.07) is 4.80. The number of benzene rings is 1. The highest BCUT2D eigenvalue weighted by Gasteiger charge is 2.27. The zero-order chi connectivity index (χ0) is 18.0. The van der Waals surface area contributed by atoms with Gasteiger partial charge in [0.05, 0.1) is 23.3 Å². The summed E-state index contributed by atoms with van der Waals surface area (Å²) in [6.07, 6.45) is 1.60. The van der Waals surface area contributed by atoms with E-state index in [0.29, 0.717) is 13.0 Å². The molecular formula is C14H21N3O5S2. The summed E-state index contributed by atoms with van der Waals surface area (Å²) < 4.78 is 49.9. The molecule has 1 amide bonds. The van der Waals surface area contributed by atoms with Crippen molar-refractivity contribution in [1.82, 2.24) is 9.62 Å². The zero-order valence-electron chi connectivity index (χ0n) is 13.6. The van der Waals surface area contributed by atoms with Crippen molar-refractivity contribution in [3.63, 3.8) is 0 Å². The van der Waals surface area contributed by atoms with E-state index in [1.165, 1.54) is 10.4 Å². The summed E-state index contributed by atoms with van der Waals surface area (Å²) in [7, 11) is -6.71. The number of sulfonamides is 2. The molecule has 0 spiro atoms. The molecule has 0 atom stereocenters. The predicted molar refractivity (Wildman–Crippen MR) is 92.0 cm³/mol. The maximum absolute atomic E-state index is 12.3. The van der Waals surface area contributed by atoms with Crippen LogP contribution in [0.15, 0.2) is 18.2 Å². The fourth-order valence-electron chi connectivity index (χ4n) is 2.47. The van der Waals surface area contributed by atoms with Crippen LogP contribution in [0.5, 0.6) is 0 Å². The summed E-state index contributed by atoms with van der Waals surface area (Å²) in [4.78, 5) is 12.3. The van der Waals surface area contributed by atoms with Crippen LogP contribution in [-0.4, -0.2) is 58.7 Å². The molecule has 8 nitrogen and oxygen atoms in total. The van der Waals surface area contributed by atoms with Gasteiger partial charge in [-0.2, -0.15) is 0 Å². The van der Waals surface area contributed by atoms with E-state index in [9.17, 15) is 21.6 Å². The normalized spacial score (nSPS) is 17.6. The molecule has 10 heteroatoms. The van der Waals surface area contributed by atoms with Crippen molar-refractivity contribution in [3.05, 3.63) is 29.3 Å². The Kier molecular flexibility index (Phi) is 5.51. The molecule has 1 aliphatic rings. The smallest absolute Gasteiger partial charge is 0.253 e. The number of carbonyl (C=O) groups excluding carboxylic acids is 1. The Hall–Kier alpha value is -1.65. The Morgan fingerprint density at radius 3 is 2.62 bits per heavy atom. The monoisotopic (exact) mass is 375 g/mol. The Balaban J connectivity index is 2.05. The van der Waals surface area contributed by atoms with Gasteiger partial charge in [-0.1, -0.05) is 11.6 Å². The standard InChI is InChI=1S/C14H21N3O5S2/c1-11-4-5-13(16-23(2,19)20)12(10-11)14(18)15-6-8-17-7-3-9-24(17,21)22/h4-5,10,16H,3,6-9H2,1-2H3,(H,15,18). The highest BCUT2D eigenvalue weighted by Crippen LogP contribution is 2.18. The number of amides is 1. The van der Waals surface area contributed by atoms with Crippen molar-refractivity contribution in [3.8, 4) is 0 Å². The second-order valence-corrected chi connectivity index (χ2v) is 9.58. The molecule has 0 aliphatic carbocycles. The second kappa shape index (κ2) is 7.08. The van der Waals surface area contributed by atoms with E-state index in [1.54, 1.807) is 19.1 Å². The van der Waals surface area contributed by atoms with E-state index in [1.807, 2.05) is 0 Å². The molecule has 1 aromatic carbocycles. The van der Waals surface area contributed by atoms with E-state index in [-0.39, 0.29) is 30.1 Å². The lowest BCUT2D eigenvalue weighted by molar-refractivity contribution is 0.0952. The summed E-state index contributed by atoms with van der Waals surface area (Å²) in [5.41, 5.74) is 1.19. The third kappa shape index (κ3) is 4.92. The van der Waals surface area contributed by atoms with Gasteiger partial charge in [0.2, 0.25) is 20.0 Å². The number of nitrogens with zero attached hydrogens (tertiary/aromatic N) is 1. The molecule has 1 aliphatic heterocycles. The van der Waals surface area contributed by atoms with Gasteiger partial charge in [-0.3, -0.25) is 9.52 Å². The van der Waals surface area contributed by atoms with Gasteiger partial charge in [0.15, 0.2) is 0 Å². The molecule has 0 aromatic heterocycles. The zero-order valence-corrected chi connectivity index (χ0v) is 15.2. The Morgan fingerprint density at radius 1 is 1.33 bits per heavy atom. The number of rotatable bonds is 6.